The number of aliphatic hydroxyl groups is 2. The summed E-state index contributed by atoms with van der Waals surface area (Å²) in [6.45, 7) is 0. The zero-order valence-corrected chi connectivity index (χ0v) is 15.0. The fourth-order valence-corrected chi connectivity index (χ4v) is 3.23. The molecule has 0 bridgehead atoms. The summed E-state index contributed by atoms with van der Waals surface area (Å²) < 4.78 is 116. The number of hydrogen-bond donors (Lipinski definition) is 2. The summed E-state index contributed by atoms with van der Waals surface area (Å²) in [6.07, 6.45) is -20.0. The lowest BCUT2D eigenvalue weighted by Gasteiger charge is -2.23. The molecule has 0 saturated heterocycles. The SMILES string of the molecule is N#CC(C(O)c1cc(C(F)(F)F)cc(C(F)(F)F)c1)C(O)c1nc(C(F)(F)F)cs1. The highest BCUT2D eigenvalue weighted by molar-refractivity contribution is 7.09. The molecule has 164 valence electrons. The second-order valence-electron chi connectivity index (χ2n) is 5.95. The van der Waals surface area contributed by atoms with Crippen molar-refractivity contribution in [2.24, 2.45) is 5.92 Å². The Bertz CT molecular complexity index is 912. The fourth-order valence-electron chi connectivity index (χ4n) is 2.38. The molecule has 1 aromatic heterocycles. The molecular formula is C16H9F9N2O2S. The molecule has 0 aliphatic carbocycles. The molecule has 0 radical (unpaired) electrons. The summed E-state index contributed by atoms with van der Waals surface area (Å²) in [6, 6.07) is 1.39. The summed E-state index contributed by atoms with van der Waals surface area (Å²) in [7, 11) is 0. The van der Waals surface area contributed by atoms with E-state index in [4.69, 9.17) is 5.26 Å². The van der Waals surface area contributed by atoms with Crippen LogP contribution in [0.5, 0.6) is 0 Å². The molecule has 0 aliphatic rings. The number of thiazole rings is 1. The average molecular weight is 464 g/mol. The molecule has 2 N–H and O–H groups in total. The van der Waals surface area contributed by atoms with Crippen molar-refractivity contribution in [3.63, 3.8) is 0 Å². The summed E-state index contributed by atoms with van der Waals surface area (Å²) in [4.78, 5) is 3.06. The van der Waals surface area contributed by atoms with Crippen LogP contribution in [0.4, 0.5) is 39.5 Å². The minimum absolute atomic E-state index is 0.153. The number of aliphatic hydroxyl groups excluding tert-OH is 2. The third kappa shape index (κ3) is 5.21. The highest BCUT2D eigenvalue weighted by Gasteiger charge is 2.40. The lowest BCUT2D eigenvalue weighted by molar-refractivity contribution is -0.143. The monoisotopic (exact) mass is 464 g/mol. The van der Waals surface area contributed by atoms with Crippen molar-refractivity contribution in [2.45, 2.75) is 30.7 Å². The number of benzene rings is 1. The van der Waals surface area contributed by atoms with Crippen molar-refractivity contribution >= 4 is 11.3 Å². The molecule has 2 aromatic rings. The molecular weight excluding hydrogens is 455 g/mol. The van der Waals surface area contributed by atoms with Crippen LogP contribution in [0, 0.1) is 17.2 Å². The standard InChI is InChI=1S/C16H9F9N2O2S/c17-14(18,19)7-1-6(2-8(3-7)15(20,21)22)11(28)9(4-26)12(29)13-27-10(5-30-13)16(23,24)25/h1-3,5,9,11-12,28-29H. The number of halogens is 9. The van der Waals surface area contributed by atoms with Crippen molar-refractivity contribution in [1.82, 2.24) is 4.98 Å². The molecule has 1 heterocycles. The Hall–Kier alpha value is -2.37. The number of nitriles is 1. The van der Waals surface area contributed by atoms with Crippen LogP contribution in [0.1, 0.15) is 39.6 Å². The molecule has 3 unspecified atom stereocenters. The highest BCUT2D eigenvalue weighted by Crippen LogP contribution is 2.41. The van der Waals surface area contributed by atoms with Crippen LogP contribution in [0.25, 0.3) is 0 Å². The minimum atomic E-state index is -5.23. The number of nitrogens with zero attached hydrogens (tertiary/aromatic N) is 2. The van der Waals surface area contributed by atoms with Gasteiger partial charge in [-0.2, -0.15) is 44.8 Å². The molecule has 0 amide bonds. The van der Waals surface area contributed by atoms with Gasteiger partial charge in [0, 0.05) is 5.38 Å². The lowest BCUT2D eigenvalue weighted by Crippen LogP contribution is -2.21. The van der Waals surface area contributed by atoms with E-state index in [1.54, 1.807) is 0 Å². The third-order valence-electron chi connectivity index (χ3n) is 3.85. The maximum Gasteiger partial charge on any atom is 0.434 e. The van der Waals surface area contributed by atoms with E-state index in [9.17, 15) is 49.7 Å². The van der Waals surface area contributed by atoms with Gasteiger partial charge in [-0.3, -0.25) is 0 Å². The second-order valence-corrected chi connectivity index (χ2v) is 6.84. The van der Waals surface area contributed by atoms with Gasteiger partial charge >= 0.3 is 18.5 Å². The van der Waals surface area contributed by atoms with Gasteiger partial charge in [0.25, 0.3) is 0 Å². The quantitative estimate of drug-likeness (QED) is 0.617. The smallest absolute Gasteiger partial charge is 0.387 e. The van der Waals surface area contributed by atoms with Crippen LogP contribution in [0.2, 0.25) is 0 Å². The first-order valence-electron chi connectivity index (χ1n) is 7.63. The van der Waals surface area contributed by atoms with Crippen molar-refractivity contribution < 1.29 is 49.7 Å². The van der Waals surface area contributed by atoms with E-state index in [-0.39, 0.29) is 29.5 Å². The Balaban J connectivity index is 2.47. The Morgan fingerprint density at radius 2 is 1.33 bits per heavy atom. The molecule has 14 heteroatoms. The van der Waals surface area contributed by atoms with E-state index in [0.29, 0.717) is 5.38 Å². The molecule has 4 nitrogen and oxygen atoms in total. The van der Waals surface area contributed by atoms with Gasteiger partial charge in [0.2, 0.25) is 0 Å². The van der Waals surface area contributed by atoms with Crippen LogP contribution in [-0.2, 0) is 18.5 Å². The topological polar surface area (TPSA) is 77.1 Å². The molecule has 0 fully saturated rings. The first-order chi connectivity index (χ1) is 13.6. The number of rotatable bonds is 4. The van der Waals surface area contributed by atoms with Gasteiger partial charge in [0.05, 0.1) is 23.3 Å². The van der Waals surface area contributed by atoms with Gasteiger partial charge in [-0.25, -0.2) is 4.98 Å². The lowest BCUT2D eigenvalue weighted by atomic mass is 9.90. The third-order valence-corrected chi connectivity index (χ3v) is 4.76. The Morgan fingerprint density at radius 3 is 1.70 bits per heavy atom. The predicted octanol–water partition coefficient (Wildman–Crippen LogP) is 5.11. The van der Waals surface area contributed by atoms with Gasteiger partial charge in [-0.15, -0.1) is 11.3 Å². The normalized spacial score (nSPS) is 16.1. The van der Waals surface area contributed by atoms with Crippen LogP contribution < -0.4 is 0 Å². The first kappa shape index (κ1) is 23.9. The van der Waals surface area contributed by atoms with Gasteiger partial charge in [0.1, 0.15) is 17.0 Å². The maximum absolute atomic E-state index is 12.9. The van der Waals surface area contributed by atoms with Crippen LogP contribution in [-0.4, -0.2) is 15.2 Å². The van der Waals surface area contributed by atoms with Crippen molar-refractivity contribution in [2.75, 3.05) is 0 Å². The van der Waals surface area contributed by atoms with Crippen molar-refractivity contribution in [1.29, 1.82) is 5.26 Å². The number of alkyl halides is 9. The van der Waals surface area contributed by atoms with E-state index in [2.05, 4.69) is 4.98 Å². The van der Waals surface area contributed by atoms with E-state index in [0.717, 1.165) is 0 Å². The van der Waals surface area contributed by atoms with E-state index < -0.39 is 64.0 Å². The summed E-state index contributed by atoms with van der Waals surface area (Å²) in [5, 5.41) is 29.2. The largest absolute Gasteiger partial charge is 0.434 e. The van der Waals surface area contributed by atoms with E-state index in [1.165, 1.54) is 6.07 Å². The Kier molecular flexibility index (Phi) is 6.41. The minimum Gasteiger partial charge on any atom is -0.387 e. The molecule has 0 aliphatic heterocycles. The van der Waals surface area contributed by atoms with Gasteiger partial charge in [-0.1, -0.05) is 0 Å². The molecule has 3 atom stereocenters. The van der Waals surface area contributed by atoms with Crippen molar-refractivity contribution in [3.05, 3.63) is 51.0 Å². The Morgan fingerprint density at radius 1 is 0.833 bits per heavy atom. The highest BCUT2D eigenvalue weighted by atomic mass is 32.1. The van der Waals surface area contributed by atoms with Crippen LogP contribution in [0.3, 0.4) is 0 Å². The Labute approximate surface area is 165 Å². The van der Waals surface area contributed by atoms with E-state index >= 15 is 0 Å². The molecule has 30 heavy (non-hydrogen) atoms. The van der Waals surface area contributed by atoms with Crippen LogP contribution >= 0.6 is 11.3 Å². The molecule has 0 spiro atoms. The fraction of sp³-hybridized carbons (Fsp3) is 0.375. The zero-order valence-electron chi connectivity index (χ0n) is 14.1. The van der Waals surface area contributed by atoms with E-state index in [1.807, 2.05) is 0 Å². The van der Waals surface area contributed by atoms with Crippen molar-refractivity contribution in [3.8, 4) is 6.07 Å². The molecule has 1 aromatic carbocycles. The maximum atomic E-state index is 12.9. The zero-order chi connectivity index (χ0) is 23.1. The molecule has 2 rings (SSSR count). The summed E-state index contributed by atoms with van der Waals surface area (Å²) in [5.41, 5.74) is -5.97. The molecule has 0 saturated carbocycles. The number of aromatic nitrogens is 1. The predicted molar refractivity (Wildman–Crippen MR) is 82.6 cm³/mol. The average Bonchev–Trinajstić information content (AvgIpc) is 3.10. The van der Waals surface area contributed by atoms with Gasteiger partial charge in [-0.05, 0) is 23.8 Å². The summed E-state index contributed by atoms with van der Waals surface area (Å²) in [5.74, 6) is -2.11. The summed E-state index contributed by atoms with van der Waals surface area (Å²) >= 11 is 0.252. The first-order valence-corrected chi connectivity index (χ1v) is 8.51. The second kappa shape index (κ2) is 8.05. The van der Waals surface area contributed by atoms with Gasteiger partial charge < -0.3 is 10.2 Å². The van der Waals surface area contributed by atoms with Gasteiger partial charge in [0.15, 0.2) is 5.69 Å². The number of hydrogen-bond acceptors (Lipinski definition) is 5. The van der Waals surface area contributed by atoms with Crippen LogP contribution in [0.15, 0.2) is 23.6 Å².